The average molecular weight is 1910 g/mol. The summed E-state index contributed by atoms with van der Waals surface area (Å²) in [6.07, 6.45) is 0. The third-order valence-electron chi connectivity index (χ3n) is 29.4. The van der Waals surface area contributed by atoms with Crippen molar-refractivity contribution in [2.75, 3.05) is 14.7 Å². The second-order valence-corrected chi connectivity index (χ2v) is 37.8. The van der Waals surface area contributed by atoms with E-state index < -0.39 is 6.04 Å². The predicted octanol–water partition coefficient (Wildman–Crippen LogP) is 41.0. The maximum atomic E-state index is 9.76. The van der Waals surface area contributed by atoms with Crippen LogP contribution in [0.3, 0.4) is 0 Å². The maximum Gasteiger partial charge on any atom is 0.143 e. The van der Waals surface area contributed by atoms with Gasteiger partial charge in [-0.15, -0.1) is 0 Å². The molecular formula is C144H94N4O. The van der Waals surface area contributed by atoms with Crippen molar-refractivity contribution in [1.82, 2.24) is 4.57 Å². The maximum absolute atomic E-state index is 9.76. The summed E-state index contributed by atoms with van der Waals surface area (Å²) in [4.78, 5) is 5.63. The number of aromatic nitrogens is 1. The van der Waals surface area contributed by atoms with Crippen molar-refractivity contribution >= 4 is 224 Å². The fourth-order valence-electron chi connectivity index (χ4n) is 22.3. The minimum Gasteiger partial charge on any atom is -0.455 e. The van der Waals surface area contributed by atoms with Crippen molar-refractivity contribution in [2.45, 2.75) is 0 Å². The van der Waals surface area contributed by atoms with Crippen molar-refractivity contribution in [1.29, 1.82) is 0 Å². The largest absolute Gasteiger partial charge is 0.455 e. The first kappa shape index (κ1) is 74.2. The normalized spacial score (nSPS) is 12.8. The van der Waals surface area contributed by atoms with E-state index in [2.05, 4.69) is 261 Å². The first-order chi connectivity index (χ1) is 79.3. The van der Waals surface area contributed by atoms with Crippen LogP contribution in [-0.4, -0.2) is 4.57 Å². The highest BCUT2D eigenvalue weighted by Crippen LogP contribution is 2.50. The summed E-state index contributed by atoms with van der Waals surface area (Å²) < 4.78 is 129. The number of furan rings is 1. The highest BCUT2D eigenvalue weighted by Gasteiger charge is 2.25. The quantitative estimate of drug-likeness (QED) is 0.101. The van der Waals surface area contributed by atoms with Crippen LogP contribution < -0.4 is 14.7 Å². The molecule has 2 heterocycles. The third kappa shape index (κ3) is 15.6. The zero-order valence-electron chi connectivity index (χ0n) is 93.5. The molecule has 0 saturated heterocycles. The van der Waals surface area contributed by atoms with Crippen LogP contribution in [0.1, 0.15) is 17.8 Å². The van der Waals surface area contributed by atoms with E-state index in [-0.39, 0.29) is 101 Å². The van der Waals surface area contributed by atoms with Gasteiger partial charge >= 0.3 is 0 Å². The Kier molecular flexibility index (Phi) is 18.4. The van der Waals surface area contributed by atoms with Gasteiger partial charge in [0, 0.05) is 83.1 Å². The van der Waals surface area contributed by atoms with Crippen molar-refractivity contribution in [2.24, 2.45) is 0 Å². The summed E-state index contributed by atoms with van der Waals surface area (Å²) in [5.41, 5.74) is 15.0. The Bertz CT molecular complexity index is 11300. The van der Waals surface area contributed by atoms with E-state index in [1.165, 1.54) is 53.9 Å². The van der Waals surface area contributed by atoms with Crippen molar-refractivity contribution < 1.29 is 22.2 Å². The van der Waals surface area contributed by atoms with Crippen LogP contribution in [0.2, 0.25) is 0 Å². The number of rotatable bonds is 14. The van der Waals surface area contributed by atoms with E-state index in [0.717, 1.165) is 164 Å². The third-order valence-corrected chi connectivity index (χ3v) is 29.4. The standard InChI is InChI=1S/C52H34N2.C52H33NO.C40H27N/c1-3-13-43-36(11-1)21-22-39-33-37(25-32-45(39)43)35-23-26-40(27-24-35)53(52-34-38-12-2-4-14-44(38)46-15-5-6-16-47(46)52)41-28-30-42(31-29-41)54-50-19-9-7-17-48(50)49-18-8-10-20-51(49)54;1-3-12-42-35(10-1)20-21-39-32-37(26-31-44(39)42)34-22-27-40(28-23-34)53(50-33-38-11-2-4-13-43(38)46-14-5-6-15-47(46)50)41-29-24-36(25-30-41)45-17-9-18-49-48-16-7-8-19-51(48)54-52(45)49;1-2-12-33(13-3-1)41(40-27-32-11-5-7-15-36(32)37-16-8-9-17-38(37)40)34-24-22-28(23-25-34)31-21-20-30-19-18-29-10-4-6-14-35(29)39(30)26-31/h1-34H;1-33H;1-27H/i28D,29D,30D,31D;24D,25D,29D,30D;1D,2D,3D,12D,13D. The summed E-state index contributed by atoms with van der Waals surface area (Å²) >= 11 is 0. The van der Waals surface area contributed by atoms with Crippen molar-refractivity contribution in [3.63, 3.8) is 0 Å². The first-order valence-electron chi connectivity index (χ1n) is 56.7. The lowest BCUT2D eigenvalue weighted by Crippen LogP contribution is -2.11. The monoisotopic (exact) mass is 1910 g/mol. The lowest BCUT2D eigenvalue weighted by Gasteiger charge is -2.28. The molecule has 0 bridgehead atoms. The van der Waals surface area contributed by atoms with Gasteiger partial charge in [-0.3, -0.25) is 0 Å². The number of para-hydroxylation sites is 5. The van der Waals surface area contributed by atoms with Gasteiger partial charge in [0.25, 0.3) is 0 Å². The Morgan fingerprint density at radius 1 is 0.168 bits per heavy atom. The van der Waals surface area contributed by atoms with E-state index in [0.29, 0.717) is 28.1 Å². The summed E-state index contributed by atoms with van der Waals surface area (Å²) in [7, 11) is 0. The SMILES string of the molecule is [2H]c1c([2H])c(-n2c3ccccc3c3ccccc32)c([2H])c([2H])c1N(c1ccc(-c2ccc3c(ccc4ccccc43)c2)cc1)c1cc2ccccc2c2ccccc12.[2H]c1c([2H])c(N(c2ccc(-c3ccc4c(ccc5ccccc54)c3)cc2)c2cc3ccccc3c3ccccc23)c([2H])c([2H])c1-c1cccc2c1oc1ccccc12.[2H]c1c([2H])c([2H])c(N(c2ccc(-c3ccc4ccc5ccccc5c4c3)cc2)c2cc3ccccc3c3ccccc23)c([2H])c1[2H]. The molecule has 696 valence electrons. The topological polar surface area (TPSA) is 27.8 Å². The molecule has 5 heteroatoms. The predicted molar refractivity (Wildman–Crippen MR) is 637 cm³/mol. The van der Waals surface area contributed by atoms with Crippen LogP contribution in [0.4, 0.5) is 51.2 Å². The molecule has 30 aromatic rings. The molecule has 2 aromatic heterocycles. The molecule has 0 fully saturated rings. The molecule has 0 aliphatic rings. The van der Waals surface area contributed by atoms with Crippen LogP contribution >= 0.6 is 0 Å². The molecule has 28 aromatic carbocycles. The second kappa shape index (κ2) is 36.9. The Morgan fingerprint density at radius 2 is 0.456 bits per heavy atom. The van der Waals surface area contributed by atoms with Crippen molar-refractivity contribution in [3.8, 4) is 50.2 Å². The van der Waals surface area contributed by atoms with Gasteiger partial charge in [-0.05, 0) is 291 Å². The highest BCUT2D eigenvalue weighted by molar-refractivity contribution is 6.20. The molecule has 0 spiro atoms. The summed E-state index contributed by atoms with van der Waals surface area (Å²) in [5, 5.41) is 30.3. The summed E-state index contributed by atoms with van der Waals surface area (Å²) in [5.74, 6) is 0. The number of nitrogens with zero attached hydrogens (tertiary/aromatic N) is 4. The molecule has 0 aliphatic heterocycles. The van der Waals surface area contributed by atoms with Gasteiger partial charge in [0.05, 0.1) is 45.9 Å². The zero-order valence-corrected chi connectivity index (χ0v) is 80.5. The van der Waals surface area contributed by atoms with E-state index in [9.17, 15) is 11.0 Å². The number of hydrogen-bond donors (Lipinski definition) is 0. The lowest BCUT2D eigenvalue weighted by molar-refractivity contribution is 0.670. The van der Waals surface area contributed by atoms with E-state index in [4.69, 9.17) is 11.3 Å². The Hall–Kier alpha value is -19.7. The van der Waals surface area contributed by atoms with Gasteiger partial charge in [-0.25, -0.2) is 0 Å². The molecule has 0 unspecified atom stereocenters. The van der Waals surface area contributed by atoms with Crippen molar-refractivity contribution in [3.05, 3.63) is 570 Å². The van der Waals surface area contributed by atoms with Gasteiger partial charge in [-0.2, -0.15) is 0 Å². The van der Waals surface area contributed by atoms with Crippen LogP contribution in [0.25, 0.3) is 223 Å². The van der Waals surface area contributed by atoms with E-state index in [1.54, 1.807) is 0 Å². The summed E-state index contributed by atoms with van der Waals surface area (Å²) in [6.45, 7) is 0. The molecule has 0 N–H and O–H groups in total. The summed E-state index contributed by atoms with van der Waals surface area (Å²) in [6, 6.07) is 164. The molecule has 0 saturated carbocycles. The number of anilines is 9. The molecule has 5 nitrogen and oxygen atoms in total. The first-order valence-corrected chi connectivity index (χ1v) is 50.2. The van der Waals surface area contributed by atoms with E-state index >= 15 is 0 Å². The van der Waals surface area contributed by atoms with Gasteiger partial charge < -0.3 is 23.7 Å². The molecule has 0 atom stereocenters. The van der Waals surface area contributed by atoms with E-state index in [1.807, 2.05) is 250 Å². The molecular weight excluding hydrogens is 1800 g/mol. The molecule has 149 heavy (non-hydrogen) atoms. The van der Waals surface area contributed by atoms with Gasteiger partial charge in [0.2, 0.25) is 0 Å². The molecule has 30 rings (SSSR count). The van der Waals surface area contributed by atoms with Crippen LogP contribution in [0, 0.1) is 0 Å². The fraction of sp³-hybridized carbons (Fsp3) is 0. The zero-order chi connectivity index (χ0) is 110. The smallest absolute Gasteiger partial charge is 0.143 e. The number of fused-ring (bicyclic) bond motifs is 24. The molecule has 0 radical (unpaired) electrons. The van der Waals surface area contributed by atoms with Gasteiger partial charge in [0.1, 0.15) is 11.2 Å². The van der Waals surface area contributed by atoms with Gasteiger partial charge in [-0.1, -0.05) is 431 Å². The minimum absolute atomic E-state index is 0.108. The number of hydrogen-bond acceptors (Lipinski definition) is 4. The Labute approximate surface area is 880 Å². The van der Waals surface area contributed by atoms with Crippen LogP contribution in [0.5, 0.6) is 0 Å². The Morgan fingerprint density at radius 3 is 0.886 bits per heavy atom. The van der Waals surface area contributed by atoms with Crippen LogP contribution in [-0.2, 0) is 0 Å². The molecule has 0 aliphatic carbocycles. The Balaban J connectivity index is 0.000000115. The minimum atomic E-state index is -0.416. The second-order valence-electron chi connectivity index (χ2n) is 37.8. The highest BCUT2D eigenvalue weighted by atomic mass is 16.3. The average Bonchev–Trinajstić information content (AvgIpc) is 1.56. The van der Waals surface area contributed by atoms with Crippen LogP contribution in [0.15, 0.2) is 574 Å². The lowest BCUT2D eigenvalue weighted by atomic mass is 9.96. The van der Waals surface area contributed by atoms with Gasteiger partial charge in [0.15, 0.2) is 0 Å². The molecule has 0 amide bonds. The fourth-order valence-corrected chi connectivity index (χ4v) is 22.3. The number of benzene rings is 28.